The Morgan fingerprint density at radius 1 is 1.06 bits per heavy atom. The zero-order valence-electron chi connectivity index (χ0n) is 8.95. The van der Waals surface area contributed by atoms with Gasteiger partial charge in [0, 0.05) is 22.6 Å². The summed E-state index contributed by atoms with van der Waals surface area (Å²) in [7, 11) is 0. The van der Waals surface area contributed by atoms with Crippen LogP contribution in [0.4, 0.5) is 0 Å². The lowest BCUT2D eigenvalue weighted by Gasteiger charge is -2.48. The summed E-state index contributed by atoms with van der Waals surface area (Å²) in [5.41, 5.74) is -1.68. The number of hydrogen-bond acceptors (Lipinski definition) is 0. The minimum Gasteiger partial charge on any atom is -0.126 e. The van der Waals surface area contributed by atoms with Gasteiger partial charge in [0.1, 0.15) is 9.17 Å². The molecule has 2 aliphatic carbocycles. The molecule has 2 saturated carbocycles. The summed E-state index contributed by atoms with van der Waals surface area (Å²) in [6, 6.07) is 0. The maximum Gasteiger partial charge on any atom is 0.127 e. The molecule has 0 aromatic heterocycles. The van der Waals surface area contributed by atoms with Gasteiger partial charge in [-0.05, 0) is 12.3 Å². The third kappa shape index (κ3) is 1.67. The Bertz CT molecular complexity index is 345. The van der Waals surface area contributed by atoms with Gasteiger partial charge in [-0.15, -0.1) is 92.8 Å². The lowest BCUT2D eigenvalue weighted by atomic mass is 9.69. The fraction of sp³-hybridized carbons (Fsp3) is 1.00. The summed E-state index contributed by atoms with van der Waals surface area (Å²) in [5, 5.41) is -0.876. The predicted octanol–water partition coefficient (Wildman–Crippen LogP) is 5.66. The molecule has 2 aliphatic rings. The number of hydrogen-bond donors (Lipinski definition) is 0. The molecule has 0 amide bonds. The zero-order chi connectivity index (χ0) is 13.9. The standard InChI is InChI=1S/C10H10Cl8/c11-2-8(7(15)16)4-1-10(17,18)9(8,3-12)6(14)5(4)13/h4-7H,1-3H2/t4-,5+,6?,8?,9+/m0/s1. The second-order valence-corrected chi connectivity index (χ2v) is 9.03. The van der Waals surface area contributed by atoms with Crippen LogP contribution in [0.15, 0.2) is 0 Å². The quantitative estimate of drug-likeness (QED) is 0.523. The molecule has 2 rings (SSSR count). The molecule has 8 heteroatoms. The SMILES string of the molecule is ClCC1(C(Cl)Cl)[C@H]2CC(Cl)(Cl)[C@]1(CCl)C(Cl)[C@@H]2Cl. The molecule has 0 heterocycles. The first-order valence-electron chi connectivity index (χ1n) is 5.29. The summed E-state index contributed by atoms with van der Waals surface area (Å²) < 4.78 is -1.13. The molecular weight excluding hydrogens is 404 g/mol. The molecular formula is C10H10Cl8. The molecule has 0 aromatic carbocycles. The van der Waals surface area contributed by atoms with Gasteiger partial charge >= 0.3 is 0 Å². The van der Waals surface area contributed by atoms with Gasteiger partial charge in [0.05, 0.1) is 10.8 Å². The molecule has 5 atom stereocenters. The van der Waals surface area contributed by atoms with Crippen LogP contribution in [-0.4, -0.2) is 31.7 Å². The van der Waals surface area contributed by atoms with E-state index in [1.54, 1.807) is 0 Å². The zero-order valence-corrected chi connectivity index (χ0v) is 15.0. The Labute approximate surface area is 146 Å². The normalized spacial score (nSPS) is 50.2. The number of halogens is 8. The van der Waals surface area contributed by atoms with E-state index in [9.17, 15) is 0 Å². The summed E-state index contributed by atoms with van der Waals surface area (Å²) in [6.45, 7) is 0. The summed E-state index contributed by atoms with van der Waals surface area (Å²) in [4.78, 5) is -0.789. The van der Waals surface area contributed by atoms with E-state index in [1.807, 2.05) is 0 Å². The van der Waals surface area contributed by atoms with Gasteiger partial charge in [-0.25, -0.2) is 0 Å². The van der Waals surface area contributed by atoms with Crippen molar-refractivity contribution in [3.05, 3.63) is 0 Å². The Hall–Kier alpha value is 2.32. The first kappa shape index (κ1) is 16.7. The Balaban J connectivity index is 2.68. The highest BCUT2D eigenvalue weighted by molar-refractivity contribution is 6.52. The van der Waals surface area contributed by atoms with Crippen LogP contribution in [0.2, 0.25) is 0 Å². The van der Waals surface area contributed by atoms with E-state index in [-0.39, 0.29) is 23.1 Å². The third-order valence-corrected chi connectivity index (χ3v) is 8.53. The largest absolute Gasteiger partial charge is 0.127 e. The molecule has 0 spiro atoms. The first-order chi connectivity index (χ1) is 8.23. The summed E-state index contributed by atoms with van der Waals surface area (Å²) >= 11 is 50.4. The highest BCUT2D eigenvalue weighted by atomic mass is 35.5. The predicted molar refractivity (Wildman–Crippen MR) is 83.6 cm³/mol. The molecule has 106 valence electrons. The van der Waals surface area contributed by atoms with Crippen LogP contribution in [0, 0.1) is 16.7 Å². The Morgan fingerprint density at radius 3 is 1.94 bits per heavy atom. The van der Waals surface area contributed by atoms with E-state index < -0.39 is 25.4 Å². The minimum atomic E-state index is -1.13. The van der Waals surface area contributed by atoms with Crippen molar-refractivity contribution in [3.63, 3.8) is 0 Å². The molecule has 0 radical (unpaired) electrons. The van der Waals surface area contributed by atoms with E-state index in [4.69, 9.17) is 92.8 Å². The van der Waals surface area contributed by atoms with Crippen molar-refractivity contribution < 1.29 is 0 Å². The van der Waals surface area contributed by atoms with Crippen LogP contribution in [0.25, 0.3) is 0 Å². The fourth-order valence-corrected chi connectivity index (χ4v) is 8.38. The molecule has 0 aliphatic heterocycles. The van der Waals surface area contributed by atoms with Crippen molar-refractivity contribution in [1.82, 2.24) is 0 Å². The summed E-state index contributed by atoms with van der Waals surface area (Å²) in [6.07, 6.45) is 0.433. The number of rotatable bonds is 3. The van der Waals surface area contributed by atoms with Crippen molar-refractivity contribution in [2.45, 2.75) is 26.3 Å². The van der Waals surface area contributed by atoms with Crippen molar-refractivity contribution in [1.29, 1.82) is 0 Å². The van der Waals surface area contributed by atoms with E-state index in [0.717, 1.165) is 0 Å². The van der Waals surface area contributed by atoms with Gasteiger partial charge in [0.2, 0.25) is 0 Å². The van der Waals surface area contributed by atoms with E-state index in [1.165, 1.54) is 0 Å². The molecule has 0 N–H and O–H groups in total. The average Bonchev–Trinajstić information content (AvgIpc) is 2.61. The van der Waals surface area contributed by atoms with Gasteiger partial charge in [-0.1, -0.05) is 0 Å². The van der Waals surface area contributed by atoms with E-state index in [0.29, 0.717) is 6.42 Å². The fourth-order valence-electron chi connectivity index (χ4n) is 3.57. The molecule has 0 aromatic rings. The molecule has 18 heavy (non-hydrogen) atoms. The lowest BCUT2D eigenvalue weighted by Crippen LogP contribution is -2.55. The molecule has 2 unspecified atom stereocenters. The smallest absolute Gasteiger partial charge is 0.126 e. The summed E-state index contributed by atoms with van der Waals surface area (Å²) in [5.74, 6) is 0.111. The van der Waals surface area contributed by atoms with Crippen LogP contribution >= 0.6 is 92.8 Å². The van der Waals surface area contributed by atoms with Gasteiger partial charge in [-0.3, -0.25) is 0 Å². The highest BCUT2D eigenvalue weighted by Gasteiger charge is 2.81. The first-order valence-corrected chi connectivity index (χ1v) is 8.86. The molecule has 2 fully saturated rings. The van der Waals surface area contributed by atoms with Gasteiger partial charge in [-0.2, -0.15) is 0 Å². The molecule has 0 saturated heterocycles. The van der Waals surface area contributed by atoms with Crippen molar-refractivity contribution in [3.8, 4) is 0 Å². The van der Waals surface area contributed by atoms with Gasteiger partial charge in [0.25, 0.3) is 0 Å². The van der Waals surface area contributed by atoms with Crippen molar-refractivity contribution in [2.24, 2.45) is 16.7 Å². The molecule has 0 nitrogen and oxygen atoms in total. The monoisotopic (exact) mass is 410 g/mol. The molecule has 2 bridgehead atoms. The Morgan fingerprint density at radius 2 is 1.61 bits per heavy atom. The van der Waals surface area contributed by atoms with Crippen molar-refractivity contribution >= 4 is 92.8 Å². The number of fused-ring (bicyclic) bond motifs is 2. The maximum absolute atomic E-state index is 6.45. The van der Waals surface area contributed by atoms with E-state index >= 15 is 0 Å². The third-order valence-electron chi connectivity index (χ3n) is 4.58. The average molecular weight is 414 g/mol. The van der Waals surface area contributed by atoms with Gasteiger partial charge < -0.3 is 0 Å². The van der Waals surface area contributed by atoms with Crippen LogP contribution in [0.1, 0.15) is 6.42 Å². The van der Waals surface area contributed by atoms with Crippen LogP contribution in [-0.2, 0) is 0 Å². The van der Waals surface area contributed by atoms with Gasteiger partial charge in [0.15, 0.2) is 0 Å². The Kier molecular flexibility index (Phi) is 4.82. The topological polar surface area (TPSA) is 0 Å². The van der Waals surface area contributed by atoms with Crippen LogP contribution in [0.3, 0.4) is 0 Å². The highest BCUT2D eigenvalue weighted by Crippen LogP contribution is 2.77. The van der Waals surface area contributed by atoms with Crippen LogP contribution < -0.4 is 0 Å². The second-order valence-electron chi connectivity index (χ2n) is 4.94. The lowest BCUT2D eigenvalue weighted by molar-refractivity contribution is 0.149. The maximum atomic E-state index is 6.45. The number of alkyl halides is 8. The van der Waals surface area contributed by atoms with Crippen molar-refractivity contribution in [2.75, 3.05) is 11.8 Å². The minimum absolute atomic E-state index is 0.108. The second kappa shape index (κ2) is 5.20. The van der Waals surface area contributed by atoms with Crippen LogP contribution in [0.5, 0.6) is 0 Å². The van der Waals surface area contributed by atoms with E-state index in [2.05, 4.69) is 0 Å².